The van der Waals surface area contributed by atoms with Crippen molar-refractivity contribution in [1.29, 1.82) is 0 Å². The zero-order valence-corrected chi connectivity index (χ0v) is 15.3. The van der Waals surface area contributed by atoms with Gasteiger partial charge < -0.3 is 9.47 Å². The SMILES string of the molecule is CCC(S)CC(=O)OC1(OC(=O)CC(S)CC)CCCCC1. The number of rotatable bonds is 8. The van der Waals surface area contributed by atoms with E-state index in [1.807, 2.05) is 13.8 Å². The molecular weight excluding hydrogens is 320 g/mol. The van der Waals surface area contributed by atoms with E-state index in [1.165, 1.54) is 0 Å². The number of thiol groups is 2. The molecular formula is C16H28O4S2. The quantitative estimate of drug-likeness (QED) is 0.396. The van der Waals surface area contributed by atoms with Gasteiger partial charge in [0.15, 0.2) is 0 Å². The molecule has 1 rings (SSSR count). The Morgan fingerprint density at radius 2 is 1.32 bits per heavy atom. The molecule has 0 amide bonds. The van der Waals surface area contributed by atoms with Crippen LogP contribution in [0.3, 0.4) is 0 Å². The first-order valence-corrected chi connectivity index (χ1v) is 9.24. The molecule has 22 heavy (non-hydrogen) atoms. The molecule has 0 aromatic heterocycles. The number of hydrogen-bond acceptors (Lipinski definition) is 6. The number of carbonyl (C=O) groups excluding carboxylic acids is 2. The first kappa shape index (κ1) is 19.7. The van der Waals surface area contributed by atoms with Crippen LogP contribution in [0.25, 0.3) is 0 Å². The zero-order chi connectivity index (χ0) is 16.6. The molecule has 0 aromatic rings. The van der Waals surface area contributed by atoms with E-state index < -0.39 is 5.79 Å². The van der Waals surface area contributed by atoms with Crippen molar-refractivity contribution in [2.75, 3.05) is 0 Å². The Morgan fingerprint density at radius 3 is 1.68 bits per heavy atom. The molecule has 0 N–H and O–H groups in total. The van der Waals surface area contributed by atoms with Crippen molar-refractivity contribution in [2.24, 2.45) is 0 Å². The van der Waals surface area contributed by atoms with Crippen LogP contribution in [0.4, 0.5) is 0 Å². The van der Waals surface area contributed by atoms with Gasteiger partial charge in [-0.2, -0.15) is 25.3 Å². The summed E-state index contributed by atoms with van der Waals surface area (Å²) in [5, 5.41) is -0.0449. The van der Waals surface area contributed by atoms with Gasteiger partial charge in [0.1, 0.15) is 0 Å². The largest absolute Gasteiger partial charge is 0.422 e. The molecule has 0 saturated heterocycles. The second kappa shape index (κ2) is 9.71. The van der Waals surface area contributed by atoms with E-state index in [0.717, 1.165) is 32.1 Å². The van der Waals surface area contributed by atoms with Crippen molar-refractivity contribution >= 4 is 37.2 Å². The highest BCUT2D eigenvalue weighted by molar-refractivity contribution is 7.81. The predicted molar refractivity (Wildman–Crippen MR) is 93.4 cm³/mol. The van der Waals surface area contributed by atoms with Gasteiger partial charge in [-0.15, -0.1) is 0 Å². The summed E-state index contributed by atoms with van der Waals surface area (Å²) in [5.41, 5.74) is 0. The van der Waals surface area contributed by atoms with Gasteiger partial charge in [0, 0.05) is 23.3 Å². The molecule has 4 nitrogen and oxygen atoms in total. The van der Waals surface area contributed by atoms with E-state index in [1.54, 1.807) is 0 Å². The lowest BCUT2D eigenvalue weighted by atomic mass is 9.94. The maximum Gasteiger partial charge on any atom is 0.310 e. The topological polar surface area (TPSA) is 52.6 Å². The van der Waals surface area contributed by atoms with Gasteiger partial charge in [-0.25, -0.2) is 0 Å². The molecule has 0 aliphatic heterocycles. The number of carbonyl (C=O) groups is 2. The fourth-order valence-electron chi connectivity index (χ4n) is 2.49. The van der Waals surface area contributed by atoms with E-state index in [2.05, 4.69) is 25.3 Å². The van der Waals surface area contributed by atoms with Gasteiger partial charge in [0.2, 0.25) is 0 Å². The molecule has 1 aliphatic rings. The van der Waals surface area contributed by atoms with Crippen LogP contribution in [0, 0.1) is 0 Å². The second-order valence-corrected chi connectivity index (χ2v) is 7.41. The average molecular weight is 349 g/mol. The van der Waals surface area contributed by atoms with E-state index in [4.69, 9.17) is 9.47 Å². The van der Waals surface area contributed by atoms with E-state index in [9.17, 15) is 9.59 Å². The fourth-order valence-corrected chi connectivity index (χ4v) is 2.79. The van der Waals surface area contributed by atoms with Crippen LogP contribution in [0.15, 0.2) is 0 Å². The zero-order valence-electron chi connectivity index (χ0n) is 13.5. The third kappa shape index (κ3) is 6.82. The highest BCUT2D eigenvalue weighted by Crippen LogP contribution is 2.34. The Kier molecular flexibility index (Phi) is 8.69. The molecule has 0 heterocycles. The molecule has 128 valence electrons. The van der Waals surface area contributed by atoms with Crippen LogP contribution < -0.4 is 0 Å². The molecule has 0 bridgehead atoms. The minimum absolute atomic E-state index is 0.0224. The van der Waals surface area contributed by atoms with Gasteiger partial charge in [0.25, 0.3) is 5.79 Å². The molecule has 1 fully saturated rings. The third-order valence-electron chi connectivity index (χ3n) is 3.96. The molecule has 2 atom stereocenters. The molecule has 0 radical (unpaired) electrons. The molecule has 2 unspecified atom stereocenters. The Labute approximate surface area is 144 Å². The average Bonchev–Trinajstić information content (AvgIpc) is 2.47. The summed E-state index contributed by atoms with van der Waals surface area (Å²) in [4.78, 5) is 24.1. The van der Waals surface area contributed by atoms with Gasteiger partial charge in [-0.1, -0.05) is 20.3 Å². The second-order valence-electron chi connectivity index (χ2n) is 5.95. The van der Waals surface area contributed by atoms with Crippen LogP contribution >= 0.6 is 25.3 Å². The standard InChI is InChI=1S/C16H28O4S2/c1-3-12(21)10-14(17)19-16(8-6-5-7-9-16)20-15(18)11-13(22)4-2/h12-13,21-22H,3-11H2,1-2H3. The summed E-state index contributed by atoms with van der Waals surface area (Å²) in [6.07, 6.45) is 6.10. The Morgan fingerprint density at radius 1 is 0.909 bits per heavy atom. The highest BCUT2D eigenvalue weighted by atomic mass is 32.1. The summed E-state index contributed by atoms with van der Waals surface area (Å²) in [6.45, 7) is 3.94. The summed E-state index contributed by atoms with van der Waals surface area (Å²) in [5.74, 6) is -1.75. The molecule has 0 aromatic carbocycles. The summed E-state index contributed by atoms with van der Waals surface area (Å²) >= 11 is 8.65. The Bertz CT molecular complexity index is 339. The molecule has 6 heteroatoms. The minimum atomic E-state index is -1.07. The van der Waals surface area contributed by atoms with Gasteiger partial charge >= 0.3 is 11.9 Å². The van der Waals surface area contributed by atoms with Crippen molar-refractivity contribution in [3.63, 3.8) is 0 Å². The van der Waals surface area contributed by atoms with Crippen molar-refractivity contribution in [1.82, 2.24) is 0 Å². The van der Waals surface area contributed by atoms with Crippen LogP contribution in [0.5, 0.6) is 0 Å². The van der Waals surface area contributed by atoms with E-state index >= 15 is 0 Å². The Hall–Kier alpha value is -0.360. The number of ether oxygens (including phenoxy) is 2. The van der Waals surface area contributed by atoms with Crippen molar-refractivity contribution in [3.05, 3.63) is 0 Å². The van der Waals surface area contributed by atoms with Crippen molar-refractivity contribution in [2.45, 2.75) is 87.9 Å². The van der Waals surface area contributed by atoms with E-state index in [-0.39, 0.29) is 35.3 Å². The third-order valence-corrected chi connectivity index (χ3v) is 5.06. The van der Waals surface area contributed by atoms with Crippen LogP contribution in [-0.2, 0) is 19.1 Å². The fraction of sp³-hybridized carbons (Fsp3) is 0.875. The van der Waals surface area contributed by atoms with Gasteiger partial charge in [-0.3, -0.25) is 9.59 Å². The molecule has 1 saturated carbocycles. The van der Waals surface area contributed by atoms with Gasteiger partial charge in [-0.05, 0) is 25.7 Å². The summed E-state index contributed by atoms with van der Waals surface area (Å²) in [7, 11) is 0. The predicted octanol–water partition coefficient (Wildman–Crippen LogP) is 3.93. The monoisotopic (exact) mass is 348 g/mol. The maximum atomic E-state index is 12.1. The maximum absolute atomic E-state index is 12.1. The molecule has 1 aliphatic carbocycles. The van der Waals surface area contributed by atoms with Crippen LogP contribution in [0.1, 0.15) is 71.6 Å². The van der Waals surface area contributed by atoms with Gasteiger partial charge in [0.05, 0.1) is 12.8 Å². The van der Waals surface area contributed by atoms with Crippen LogP contribution in [-0.4, -0.2) is 28.2 Å². The Balaban J connectivity index is 2.65. The van der Waals surface area contributed by atoms with Crippen molar-refractivity contribution in [3.8, 4) is 0 Å². The summed E-state index contributed by atoms with van der Waals surface area (Å²) in [6, 6.07) is 0. The smallest absolute Gasteiger partial charge is 0.310 e. The number of esters is 2. The van der Waals surface area contributed by atoms with Crippen LogP contribution in [0.2, 0.25) is 0 Å². The molecule has 0 spiro atoms. The first-order valence-electron chi connectivity index (χ1n) is 8.20. The lowest BCUT2D eigenvalue weighted by molar-refractivity contribution is -0.238. The summed E-state index contributed by atoms with van der Waals surface area (Å²) < 4.78 is 11.2. The van der Waals surface area contributed by atoms with Crippen molar-refractivity contribution < 1.29 is 19.1 Å². The lowest BCUT2D eigenvalue weighted by Gasteiger charge is -2.36. The lowest BCUT2D eigenvalue weighted by Crippen LogP contribution is -2.42. The normalized spacial score (nSPS) is 20.0. The number of hydrogen-bond donors (Lipinski definition) is 2. The van der Waals surface area contributed by atoms with E-state index in [0.29, 0.717) is 12.8 Å². The first-order chi connectivity index (χ1) is 10.4. The highest BCUT2D eigenvalue weighted by Gasteiger charge is 2.40. The minimum Gasteiger partial charge on any atom is -0.422 e.